The second kappa shape index (κ2) is 18.3. The predicted octanol–water partition coefficient (Wildman–Crippen LogP) is -0.273. The van der Waals surface area contributed by atoms with Gasteiger partial charge in [-0.1, -0.05) is 0 Å². The van der Waals surface area contributed by atoms with Gasteiger partial charge in [0.1, 0.15) is 0 Å². The fraction of sp³-hybridized carbons (Fsp3) is 0. The van der Waals surface area contributed by atoms with E-state index in [0.717, 1.165) is 0 Å². The Balaban J connectivity index is 0. The van der Waals surface area contributed by atoms with E-state index in [1.807, 2.05) is 0 Å². The van der Waals surface area contributed by atoms with Crippen molar-refractivity contribution < 1.29 is 38.1 Å². The summed E-state index contributed by atoms with van der Waals surface area (Å²) < 4.78 is 0. The summed E-state index contributed by atoms with van der Waals surface area (Å²) in [7, 11) is 0. The summed E-state index contributed by atoms with van der Waals surface area (Å²) in [5, 5.41) is 0. The second-order valence-corrected chi connectivity index (χ2v) is 0. The Hall–Kier alpha value is 2.36. The molecule has 0 fully saturated rings. The van der Waals surface area contributed by atoms with Crippen LogP contribution in [0.5, 0.6) is 0 Å². The third-order valence-corrected chi connectivity index (χ3v) is 0. The Morgan fingerprint density at radius 1 is 1.00 bits per heavy atom. The van der Waals surface area contributed by atoms with E-state index in [1.54, 1.807) is 0 Å². The van der Waals surface area contributed by atoms with Crippen molar-refractivity contribution in [3.63, 3.8) is 0 Å². The average molecular weight is 312 g/mol. The molecular formula is H2CuMoSSn. The topological polar surface area (TPSA) is 0 Å². The van der Waals surface area contributed by atoms with Crippen molar-refractivity contribution in [2.45, 2.75) is 0 Å². The van der Waals surface area contributed by atoms with Crippen molar-refractivity contribution in [1.82, 2.24) is 0 Å². The monoisotopic (exact) mass is 315 g/mol. The molecule has 0 nitrogen and oxygen atoms in total. The van der Waals surface area contributed by atoms with Crippen LogP contribution in [-0.4, -0.2) is 23.9 Å². The van der Waals surface area contributed by atoms with Gasteiger partial charge in [-0.15, -0.1) is 0 Å². The molecule has 0 rings (SSSR count). The SMILES string of the molecule is S.[Cu].[Mo].[Sn]. The van der Waals surface area contributed by atoms with Gasteiger partial charge in [-0.3, -0.25) is 0 Å². The molecule has 0 N–H and O–H groups in total. The maximum Gasteiger partial charge on any atom is 0 e. The molecule has 0 aliphatic heterocycles. The van der Waals surface area contributed by atoms with Crippen molar-refractivity contribution in [3.05, 3.63) is 0 Å². The molecule has 0 heterocycles. The van der Waals surface area contributed by atoms with E-state index in [9.17, 15) is 0 Å². The van der Waals surface area contributed by atoms with Gasteiger partial charge in [0.25, 0.3) is 0 Å². The van der Waals surface area contributed by atoms with Gasteiger partial charge in [0.05, 0.1) is 0 Å². The fourth-order valence-corrected chi connectivity index (χ4v) is 0. The zero-order valence-corrected chi connectivity index (χ0v) is 8.51. The second-order valence-electron chi connectivity index (χ2n) is 0. The Kier molecular flexibility index (Phi) is 150. The van der Waals surface area contributed by atoms with E-state index in [0.29, 0.717) is 0 Å². The van der Waals surface area contributed by atoms with Crippen LogP contribution < -0.4 is 0 Å². The smallest absolute Gasteiger partial charge is 0 e. The van der Waals surface area contributed by atoms with Crippen molar-refractivity contribution in [1.29, 1.82) is 0 Å². The van der Waals surface area contributed by atoms with Gasteiger partial charge in [0, 0.05) is 62.0 Å². The van der Waals surface area contributed by atoms with Gasteiger partial charge in [-0.05, 0) is 0 Å². The summed E-state index contributed by atoms with van der Waals surface area (Å²) in [6, 6.07) is 0. The van der Waals surface area contributed by atoms with E-state index in [4.69, 9.17) is 0 Å². The molecule has 4 heavy (non-hydrogen) atoms. The van der Waals surface area contributed by atoms with E-state index in [-0.39, 0.29) is 75.5 Å². The summed E-state index contributed by atoms with van der Waals surface area (Å²) in [4.78, 5) is 0. The molecule has 0 spiro atoms. The van der Waals surface area contributed by atoms with E-state index in [2.05, 4.69) is 0 Å². The minimum atomic E-state index is 0. The summed E-state index contributed by atoms with van der Waals surface area (Å²) in [5.41, 5.74) is 0. The standard InChI is InChI=1S/Cu.Mo.H2S.Sn/h;;1H2;. The first-order chi connectivity index (χ1) is 0. The Morgan fingerprint density at radius 3 is 1.00 bits per heavy atom. The van der Waals surface area contributed by atoms with Crippen LogP contribution in [0.2, 0.25) is 0 Å². The molecule has 4 heteroatoms. The average Bonchev–Trinajstić information content (AvgIpc) is 0. The minimum Gasteiger partial charge on any atom is -0.197 e. The van der Waals surface area contributed by atoms with Crippen molar-refractivity contribution in [3.8, 4) is 0 Å². The molecule has 0 bridgehead atoms. The van der Waals surface area contributed by atoms with Crippen LogP contribution in [-0.2, 0) is 38.1 Å². The summed E-state index contributed by atoms with van der Waals surface area (Å²) in [5.74, 6) is 0. The van der Waals surface area contributed by atoms with Gasteiger partial charge in [-0.2, -0.15) is 13.5 Å². The molecule has 0 aromatic rings. The van der Waals surface area contributed by atoms with Crippen LogP contribution >= 0.6 is 13.5 Å². The Labute approximate surface area is 74.6 Å². The van der Waals surface area contributed by atoms with Crippen molar-refractivity contribution in [2.24, 2.45) is 0 Å². The molecule has 0 saturated heterocycles. The molecule has 0 atom stereocenters. The van der Waals surface area contributed by atoms with Gasteiger partial charge >= 0.3 is 0 Å². The van der Waals surface area contributed by atoms with E-state index >= 15 is 0 Å². The number of hydrogen-bond acceptors (Lipinski definition) is 0. The number of rotatable bonds is 0. The van der Waals surface area contributed by atoms with Crippen LogP contribution in [0.15, 0.2) is 0 Å². The maximum atomic E-state index is 0. The van der Waals surface area contributed by atoms with Crippen LogP contribution in [0.3, 0.4) is 0 Å². The van der Waals surface area contributed by atoms with Crippen LogP contribution in [0.1, 0.15) is 0 Å². The quantitative estimate of drug-likeness (QED) is 0.540. The summed E-state index contributed by atoms with van der Waals surface area (Å²) in [6.07, 6.45) is 0. The first-order valence-corrected chi connectivity index (χ1v) is 0. The molecule has 5 radical (unpaired) electrons. The molecule has 0 aliphatic carbocycles. The predicted molar refractivity (Wildman–Crippen MR) is 16.1 cm³/mol. The molecule has 0 unspecified atom stereocenters. The molecular weight excluding hydrogens is 310 g/mol. The van der Waals surface area contributed by atoms with E-state index in [1.165, 1.54) is 0 Å². The largest absolute Gasteiger partial charge is 0.197 e. The fourth-order valence-electron chi connectivity index (χ4n) is 0. The van der Waals surface area contributed by atoms with Gasteiger partial charge < -0.3 is 0 Å². The van der Waals surface area contributed by atoms with Crippen LogP contribution in [0.25, 0.3) is 0 Å². The zero-order valence-electron chi connectivity index (χ0n) is 1.71. The van der Waals surface area contributed by atoms with Crippen LogP contribution in [0.4, 0.5) is 0 Å². The third kappa shape index (κ3) is 8.84. The normalized spacial score (nSPS) is 0. The first-order valence-electron chi connectivity index (χ1n) is 0. The van der Waals surface area contributed by atoms with Gasteiger partial charge in [-0.25, -0.2) is 0 Å². The Morgan fingerprint density at radius 2 is 1.00 bits per heavy atom. The minimum absolute atomic E-state index is 0. The summed E-state index contributed by atoms with van der Waals surface area (Å²) in [6.45, 7) is 0. The molecule has 0 aromatic carbocycles. The molecule has 29 valence electrons. The van der Waals surface area contributed by atoms with Gasteiger partial charge in [0.15, 0.2) is 0 Å². The van der Waals surface area contributed by atoms with Crippen molar-refractivity contribution >= 4 is 37.4 Å². The molecule has 0 aromatic heterocycles. The molecule has 0 saturated carbocycles. The maximum absolute atomic E-state index is 0. The van der Waals surface area contributed by atoms with Crippen LogP contribution in [0, 0.1) is 0 Å². The Bertz CT molecular complexity index is 8.00. The van der Waals surface area contributed by atoms with Gasteiger partial charge in [0.2, 0.25) is 0 Å². The zero-order chi connectivity index (χ0) is 0. The number of hydrogen-bond donors (Lipinski definition) is 0. The summed E-state index contributed by atoms with van der Waals surface area (Å²) >= 11 is 0. The van der Waals surface area contributed by atoms with Crippen molar-refractivity contribution in [2.75, 3.05) is 0 Å². The van der Waals surface area contributed by atoms with E-state index < -0.39 is 0 Å². The third-order valence-electron chi connectivity index (χ3n) is 0. The first kappa shape index (κ1) is 32.8. The molecule has 0 aliphatic rings. The molecule has 0 amide bonds.